The highest BCUT2D eigenvalue weighted by atomic mass is 19.1. The van der Waals surface area contributed by atoms with Crippen LogP contribution >= 0.6 is 0 Å². The molecular formula is C15H15BFNO3. The zero-order valence-corrected chi connectivity index (χ0v) is 11.5. The van der Waals surface area contributed by atoms with Crippen molar-refractivity contribution in [3.8, 4) is 0 Å². The Balaban J connectivity index is 2.26. The number of halogens is 1. The quantitative estimate of drug-likeness (QED) is 0.743. The Hall–Kier alpha value is -2.18. The van der Waals surface area contributed by atoms with Crippen LogP contribution in [0.1, 0.15) is 22.8 Å². The molecule has 0 aliphatic carbocycles. The summed E-state index contributed by atoms with van der Waals surface area (Å²) in [6.45, 7) is 1.98. The van der Waals surface area contributed by atoms with Crippen molar-refractivity contribution in [2.45, 2.75) is 13.3 Å². The van der Waals surface area contributed by atoms with Crippen molar-refractivity contribution < 1.29 is 19.2 Å². The minimum Gasteiger partial charge on any atom is -0.423 e. The van der Waals surface area contributed by atoms with Gasteiger partial charge in [-0.25, -0.2) is 4.39 Å². The fourth-order valence-corrected chi connectivity index (χ4v) is 2.03. The highest BCUT2D eigenvalue weighted by Gasteiger charge is 2.19. The molecule has 0 fully saturated rings. The van der Waals surface area contributed by atoms with Crippen molar-refractivity contribution in [1.29, 1.82) is 0 Å². The summed E-state index contributed by atoms with van der Waals surface area (Å²) in [7, 11) is -1.96. The minimum atomic E-state index is -1.96. The third kappa shape index (κ3) is 3.48. The monoisotopic (exact) mass is 287 g/mol. The lowest BCUT2D eigenvalue weighted by Crippen LogP contribution is -2.33. The number of carbonyl (C=O) groups is 1. The van der Waals surface area contributed by atoms with Crippen LogP contribution in [-0.4, -0.2) is 23.1 Å². The van der Waals surface area contributed by atoms with Crippen LogP contribution in [0.25, 0.3) is 0 Å². The number of para-hydroxylation sites is 1. The van der Waals surface area contributed by atoms with Gasteiger partial charge in [0.05, 0.1) is 0 Å². The van der Waals surface area contributed by atoms with Gasteiger partial charge >= 0.3 is 7.12 Å². The van der Waals surface area contributed by atoms with Crippen molar-refractivity contribution in [3.05, 3.63) is 59.4 Å². The van der Waals surface area contributed by atoms with Crippen molar-refractivity contribution in [2.24, 2.45) is 0 Å². The second-order valence-corrected chi connectivity index (χ2v) is 4.57. The molecule has 0 spiro atoms. The summed E-state index contributed by atoms with van der Waals surface area (Å²) in [5.74, 6) is -1.20. The van der Waals surface area contributed by atoms with E-state index in [-0.39, 0.29) is 11.0 Å². The van der Waals surface area contributed by atoms with E-state index >= 15 is 0 Å². The molecule has 1 amide bonds. The highest BCUT2D eigenvalue weighted by Crippen LogP contribution is 2.16. The average molecular weight is 287 g/mol. The van der Waals surface area contributed by atoms with Crippen molar-refractivity contribution in [3.63, 3.8) is 0 Å². The maximum absolute atomic E-state index is 13.4. The Morgan fingerprint density at radius 3 is 2.62 bits per heavy atom. The van der Waals surface area contributed by atoms with Crippen molar-refractivity contribution in [2.75, 3.05) is 5.32 Å². The van der Waals surface area contributed by atoms with Crippen LogP contribution in [-0.2, 0) is 6.42 Å². The van der Waals surface area contributed by atoms with Crippen LogP contribution in [0, 0.1) is 5.82 Å². The van der Waals surface area contributed by atoms with Crippen molar-refractivity contribution >= 4 is 24.2 Å². The Labute approximate surface area is 122 Å². The van der Waals surface area contributed by atoms with Gasteiger partial charge in [-0.05, 0) is 36.2 Å². The first-order valence-corrected chi connectivity index (χ1v) is 6.57. The third-order valence-electron chi connectivity index (χ3n) is 3.18. The predicted molar refractivity (Wildman–Crippen MR) is 80.0 cm³/mol. The van der Waals surface area contributed by atoms with Crippen LogP contribution in [0.2, 0.25) is 0 Å². The number of anilines is 1. The lowest BCUT2D eigenvalue weighted by molar-refractivity contribution is 0.102. The van der Waals surface area contributed by atoms with E-state index in [4.69, 9.17) is 10.0 Å². The van der Waals surface area contributed by atoms with Crippen LogP contribution in [0.5, 0.6) is 0 Å². The van der Waals surface area contributed by atoms with Crippen LogP contribution < -0.4 is 10.8 Å². The summed E-state index contributed by atoms with van der Waals surface area (Å²) >= 11 is 0. The molecule has 0 aromatic heterocycles. The number of rotatable bonds is 4. The number of carbonyl (C=O) groups excluding carboxylic acids is 1. The molecule has 0 aliphatic heterocycles. The summed E-state index contributed by atoms with van der Waals surface area (Å²) in [5, 5.41) is 20.9. The number of benzene rings is 2. The normalized spacial score (nSPS) is 10.3. The van der Waals surface area contributed by atoms with Gasteiger partial charge in [0, 0.05) is 16.7 Å². The second-order valence-electron chi connectivity index (χ2n) is 4.57. The second kappa shape index (κ2) is 6.52. The van der Waals surface area contributed by atoms with E-state index in [2.05, 4.69) is 5.32 Å². The van der Waals surface area contributed by atoms with E-state index in [1.807, 2.05) is 25.1 Å². The molecule has 2 aromatic rings. The topological polar surface area (TPSA) is 69.6 Å². The molecular weight excluding hydrogens is 272 g/mol. The molecule has 0 heterocycles. The molecule has 108 valence electrons. The molecule has 0 aliphatic rings. The largest absolute Gasteiger partial charge is 0.491 e. The summed E-state index contributed by atoms with van der Waals surface area (Å²) in [4.78, 5) is 12.2. The molecule has 2 aromatic carbocycles. The van der Waals surface area contributed by atoms with Gasteiger partial charge in [-0.2, -0.15) is 0 Å². The maximum atomic E-state index is 13.4. The Morgan fingerprint density at radius 1 is 1.24 bits per heavy atom. The molecule has 4 nitrogen and oxygen atoms in total. The van der Waals surface area contributed by atoms with E-state index in [0.717, 1.165) is 24.1 Å². The zero-order chi connectivity index (χ0) is 15.4. The molecule has 21 heavy (non-hydrogen) atoms. The van der Waals surface area contributed by atoms with Gasteiger partial charge in [-0.1, -0.05) is 25.1 Å². The summed E-state index contributed by atoms with van der Waals surface area (Å²) in [6, 6.07) is 10.8. The zero-order valence-electron chi connectivity index (χ0n) is 11.5. The van der Waals surface area contributed by atoms with Gasteiger partial charge in [-0.15, -0.1) is 0 Å². The molecule has 0 radical (unpaired) electrons. The fraction of sp³-hybridized carbons (Fsp3) is 0.133. The van der Waals surface area contributed by atoms with Crippen LogP contribution in [0.15, 0.2) is 42.5 Å². The van der Waals surface area contributed by atoms with E-state index in [0.29, 0.717) is 5.69 Å². The van der Waals surface area contributed by atoms with Gasteiger partial charge in [0.1, 0.15) is 5.82 Å². The Kier molecular flexibility index (Phi) is 4.72. The lowest BCUT2D eigenvalue weighted by Gasteiger charge is -2.10. The number of hydrogen-bond donors (Lipinski definition) is 3. The molecule has 0 saturated heterocycles. The van der Waals surface area contributed by atoms with Gasteiger partial charge < -0.3 is 15.4 Å². The first kappa shape index (κ1) is 15.2. The van der Waals surface area contributed by atoms with Gasteiger partial charge in [0.15, 0.2) is 0 Å². The van der Waals surface area contributed by atoms with Crippen LogP contribution in [0.4, 0.5) is 10.1 Å². The van der Waals surface area contributed by atoms with E-state index < -0.39 is 18.8 Å². The summed E-state index contributed by atoms with van der Waals surface area (Å²) in [5.41, 5.74) is 1.49. The van der Waals surface area contributed by atoms with E-state index in [9.17, 15) is 9.18 Å². The predicted octanol–water partition coefficient (Wildman–Crippen LogP) is 1.32. The molecule has 0 atom stereocenters. The minimum absolute atomic E-state index is 0.158. The van der Waals surface area contributed by atoms with Crippen molar-refractivity contribution in [1.82, 2.24) is 0 Å². The van der Waals surface area contributed by atoms with Gasteiger partial charge in [0.2, 0.25) is 0 Å². The SMILES string of the molecule is CCc1ccccc1NC(=O)c1ccc(F)c(B(O)O)c1. The van der Waals surface area contributed by atoms with Gasteiger partial charge in [0.25, 0.3) is 5.91 Å². The lowest BCUT2D eigenvalue weighted by atomic mass is 9.79. The van der Waals surface area contributed by atoms with E-state index in [1.165, 1.54) is 6.07 Å². The average Bonchev–Trinajstić information content (AvgIpc) is 2.47. The van der Waals surface area contributed by atoms with E-state index in [1.54, 1.807) is 6.07 Å². The number of amides is 1. The molecule has 3 N–H and O–H groups in total. The first-order valence-electron chi connectivity index (χ1n) is 6.57. The molecule has 0 unspecified atom stereocenters. The molecule has 6 heteroatoms. The number of nitrogens with one attached hydrogen (secondary N) is 1. The fourth-order valence-electron chi connectivity index (χ4n) is 2.03. The van der Waals surface area contributed by atoms with Gasteiger partial charge in [-0.3, -0.25) is 4.79 Å². The molecule has 0 bridgehead atoms. The Bertz CT molecular complexity index is 661. The standard InChI is InChI=1S/C15H15BFNO3/c1-2-10-5-3-4-6-14(10)18-15(19)11-7-8-13(17)12(9-11)16(20)21/h3-9,20-21H,2H2,1H3,(H,18,19). The first-order chi connectivity index (χ1) is 10.0. The maximum Gasteiger partial charge on any atom is 0.491 e. The van der Waals surface area contributed by atoms with Crippen LogP contribution in [0.3, 0.4) is 0 Å². The Morgan fingerprint density at radius 2 is 1.95 bits per heavy atom. The molecule has 0 saturated carbocycles. The highest BCUT2D eigenvalue weighted by molar-refractivity contribution is 6.58. The molecule has 2 rings (SSSR count). The summed E-state index contributed by atoms with van der Waals surface area (Å²) < 4.78 is 13.4. The third-order valence-corrected chi connectivity index (χ3v) is 3.18. The smallest absolute Gasteiger partial charge is 0.423 e. The number of hydrogen-bond acceptors (Lipinski definition) is 3. The number of aryl methyl sites for hydroxylation is 1. The summed E-state index contributed by atoms with van der Waals surface area (Å²) in [6.07, 6.45) is 0.764.